The van der Waals surface area contributed by atoms with E-state index in [-0.39, 0.29) is 4.69 Å². The van der Waals surface area contributed by atoms with Gasteiger partial charge in [0.15, 0.2) is 0 Å². The van der Waals surface area contributed by atoms with Crippen molar-refractivity contribution in [2.24, 2.45) is 0 Å². The minimum Gasteiger partial charge on any atom is -0.281 e. The van der Waals surface area contributed by atoms with Gasteiger partial charge in [-0.25, -0.2) is 0 Å². The molecule has 0 unspecified atom stereocenters. The van der Waals surface area contributed by atoms with Crippen LogP contribution in [0.5, 0.6) is 0 Å². The Morgan fingerprint density at radius 2 is 1.91 bits per heavy atom. The molecule has 0 saturated carbocycles. The van der Waals surface area contributed by atoms with Gasteiger partial charge in [-0.3, -0.25) is 4.79 Å². The molecule has 0 saturated heterocycles. The van der Waals surface area contributed by atoms with Gasteiger partial charge in [0.25, 0.3) is 0 Å². The summed E-state index contributed by atoms with van der Waals surface area (Å²) in [5, 5.41) is 0. The Morgan fingerprint density at radius 1 is 1.36 bits per heavy atom. The van der Waals surface area contributed by atoms with Gasteiger partial charge in [0, 0.05) is 9.99 Å². The van der Waals surface area contributed by atoms with Gasteiger partial charge in [0.05, 0.1) is 0 Å². The van der Waals surface area contributed by atoms with Crippen molar-refractivity contribution in [3.8, 4) is 0 Å². The van der Waals surface area contributed by atoms with Crippen LogP contribution in [0.15, 0.2) is 24.3 Å². The van der Waals surface area contributed by atoms with E-state index in [2.05, 4.69) is 38.5 Å². The number of halogens is 2. The zero-order chi connectivity index (χ0) is 8.27. The summed E-state index contributed by atoms with van der Waals surface area (Å²) in [5.41, 5.74) is 1.95. The average molecular weight is 325 g/mol. The minimum atomic E-state index is -0.0579. The highest BCUT2D eigenvalue weighted by molar-refractivity contribution is 14.1. The summed E-state index contributed by atoms with van der Waals surface area (Å²) < 4.78 is 0.923. The second kappa shape index (κ2) is 4.21. The molecule has 0 aromatic heterocycles. The highest BCUT2D eigenvalue weighted by Gasteiger charge is 1.98. The monoisotopic (exact) mass is 324 g/mol. The van der Waals surface area contributed by atoms with Gasteiger partial charge < -0.3 is 0 Å². The molecule has 0 bridgehead atoms. The molecule has 1 aromatic rings. The van der Waals surface area contributed by atoms with E-state index < -0.39 is 0 Å². The normalized spacial score (nSPS) is 9.64. The van der Waals surface area contributed by atoms with E-state index in [1.165, 1.54) is 5.56 Å². The van der Waals surface area contributed by atoms with Crippen LogP contribution in [0, 0.1) is 0 Å². The zero-order valence-electron chi connectivity index (χ0n) is 5.68. The van der Waals surface area contributed by atoms with E-state index in [0.717, 1.165) is 4.43 Å². The van der Waals surface area contributed by atoms with Crippen LogP contribution in [0.2, 0.25) is 0 Å². The predicted molar refractivity (Wildman–Crippen MR) is 57.4 cm³/mol. The maximum atomic E-state index is 10.8. The maximum Gasteiger partial charge on any atom is 0.228 e. The van der Waals surface area contributed by atoms with Gasteiger partial charge in [0.1, 0.15) is 0 Å². The van der Waals surface area contributed by atoms with Gasteiger partial charge in [-0.05, 0) is 21.5 Å². The van der Waals surface area contributed by atoms with E-state index in [0.29, 0.717) is 5.56 Å². The Bertz CT molecular complexity index is 255. The first-order valence-electron chi connectivity index (χ1n) is 3.09. The highest BCUT2D eigenvalue weighted by Crippen LogP contribution is 2.10. The van der Waals surface area contributed by atoms with E-state index in [9.17, 15) is 4.79 Å². The standard InChI is InChI=1S/C8H6BrIO/c9-8(11)7-3-1-6(5-10)2-4-7/h1-4H,5H2. The molecule has 1 rings (SSSR count). The molecule has 1 aromatic carbocycles. The van der Waals surface area contributed by atoms with Crippen molar-refractivity contribution in [2.75, 3.05) is 0 Å². The van der Waals surface area contributed by atoms with Crippen LogP contribution in [0.1, 0.15) is 15.9 Å². The molecule has 0 spiro atoms. The number of alkyl halides is 1. The van der Waals surface area contributed by atoms with Crippen LogP contribution in [0.4, 0.5) is 0 Å². The smallest absolute Gasteiger partial charge is 0.228 e. The summed E-state index contributed by atoms with van der Waals surface area (Å²) in [6.45, 7) is 0. The summed E-state index contributed by atoms with van der Waals surface area (Å²) in [7, 11) is 0. The van der Waals surface area contributed by atoms with E-state index in [1.807, 2.05) is 24.3 Å². The number of hydrogen-bond donors (Lipinski definition) is 0. The number of benzene rings is 1. The van der Waals surface area contributed by atoms with Gasteiger partial charge in [-0.15, -0.1) is 0 Å². The average Bonchev–Trinajstić information content (AvgIpc) is 2.05. The van der Waals surface area contributed by atoms with Crippen molar-refractivity contribution in [2.45, 2.75) is 4.43 Å². The first-order valence-corrected chi connectivity index (χ1v) is 5.40. The van der Waals surface area contributed by atoms with Crippen molar-refractivity contribution in [3.63, 3.8) is 0 Å². The molecular weight excluding hydrogens is 319 g/mol. The third kappa shape index (κ3) is 2.56. The molecule has 0 radical (unpaired) electrons. The Kier molecular flexibility index (Phi) is 3.51. The molecular formula is C8H6BrIO. The number of carbonyl (C=O) groups is 1. The Balaban J connectivity index is 2.91. The third-order valence-electron chi connectivity index (χ3n) is 1.34. The van der Waals surface area contributed by atoms with Crippen LogP contribution < -0.4 is 0 Å². The molecule has 0 N–H and O–H groups in total. The fraction of sp³-hybridized carbons (Fsp3) is 0.125. The number of rotatable bonds is 2. The third-order valence-corrected chi connectivity index (χ3v) is 2.67. The molecule has 0 fully saturated rings. The largest absolute Gasteiger partial charge is 0.281 e. The maximum absolute atomic E-state index is 10.8. The molecule has 0 amide bonds. The predicted octanol–water partition coefficient (Wildman–Crippen LogP) is 3.16. The van der Waals surface area contributed by atoms with Gasteiger partial charge >= 0.3 is 0 Å². The van der Waals surface area contributed by atoms with Crippen LogP contribution >= 0.6 is 38.5 Å². The SMILES string of the molecule is O=C(Br)c1ccc(CI)cc1. The molecule has 1 nitrogen and oxygen atoms in total. The van der Waals surface area contributed by atoms with Crippen LogP contribution in [-0.2, 0) is 4.43 Å². The highest BCUT2D eigenvalue weighted by atomic mass is 127. The fourth-order valence-electron chi connectivity index (χ4n) is 0.725. The Morgan fingerprint density at radius 3 is 2.27 bits per heavy atom. The summed E-state index contributed by atoms with van der Waals surface area (Å²) in [5.74, 6) is 0. The first kappa shape index (κ1) is 9.19. The topological polar surface area (TPSA) is 17.1 Å². The lowest BCUT2D eigenvalue weighted by Crippen LogP contribution is -1.87. The van der Waals surface area contributed by atoms with E-state index in [1.54, 1.807) is 0 Å². The molecule has 0 aliphatic heterocycles. The van der Waals surface area contributed by atoms with Crippen molar-refractivity contribution >= 4 is 43.2 Å². The Labute approximate surface area is 87.5 Å². The Hall–Kier alpha value is 0.1000. The fourth-order valence-corrected chi connectivity index (χ4v) is 1.50. The molecule has 3 heteroatoms. The van der Waals surface area contributed by atoms with Crippen molar-refractivity contribution < 1.29 is 4.79 Å². The van der Waals surface area contributed by atoms with Crippen molar-refractivity contribution in [3.05, 3.63) is 35.4 Å². The van der Waals surface area contributed by atoms with Crippen LogP contribution in [0.3, 0.4) is 0 Å². The molecule has 0 atom stereocenters. The minimum absolute atomic E-state index is 0.0579. The second-order valence-corrected chi connectivity index (χ2v) is 3.59. The molecule has 11 heavy (non-hydrogen) atoms. The van der Waals surface area contributed by atoms with Crippen LogP contribution in [0.25, 0.3) is 0 Å². The molecule has 0 aliphatic rings. The summed E-state index contributed by atoms with van der Waals surface area (Å²) in [6.07, 6.45) is 0. The van der Waals surface area contributed by atoms with E-state index >= 15 is 0 Å². The van der Waals surface area contributed by atoms with E-state index in [4.69, 9.17) is 0 Å². The lowest BCUT2D eigenvalue weighted by Gasteiger charge is -1.95. The summed E-state index contributed by atoms with van der Waals surface area (Å²) in [4.78, 5) is 10.8. The zero-order valence-corrected chi connectivity index (χ0v) is 9.42. The van der Waals surface area contributed by atoms with Crippen molar-refractivity contribution in [1.29, 1.82) is 0 Å². The molecule has 58 valence electrons. The van der Waals surface area contributed by atoms with Crippen molar-refractivity contribution in [1.82, 2.24) is 0 Å². The number of hydrogen-bond acceptors (Lipinski definition) is 1. The first-order chi connectivity index (χ1) is 5.24. The summed E-state index contributed by atoms with van der Waals surface area (Å²) in [6, 6.07) is 7.57. The number of carbonyl (C=O) groups excluding carboxylic acids is 1. The quantitative estimate of drug-likeness (QED) is 0.464. The lowest BCUT2D eigenvalue weighted by atomic mass is 10.2. The van der Waals surface area contributed by atoms with Gasteiger partial charge in [-0.2, -0.15) is 0 Å². The van der Waals surface area contributed by atoms with Gasteiger partial charge in [0.2, 0.25) is 4.69 Å². The second-order valence-electron chi connectivity index (χ2n) is 2.10. The van der Waals surface area contributed by atoms with Gasteiger partial charge in [-0.1, -0.05) is 46.9 Å². The molecule has 0 aliphatic carbocycles. The molecule has 0 heterocycles. The lowest BCUT2D eigenvalue weighted by molar-refractivity contribution is 0.109. The summed E-state index contributed by atoms with van der Waals surface area (Å²) >= 11 is 5.17. The van der Waals surface area contributed by atoms with Crippen LogP contribution in [-0.4, -0.2) is 4.69 Å².